The monoisotopic (exact) mass is 866 g/mol. The van der Waals surface area contributed by atoms with Crippen LogP contribution in [0.25, 0.3) is 22.8 Å². The summed E-state index contributed by atoms with van der Waals surface area (Å²) in [5.74, 6) is 0. The first-order chi connectivity index (χ1) is 25.6. The molecule has 5 rings (SSSR count). The van der Waals surface area contributed by atoms with E-state index in [4.69, 9.17) is 37.3 Å². The van der Waals surface area contributed by atoms with Crippen LogP contribution in [0.3, 0.4) is 0 Å². The lowest BCUT2D eigenvalue weighted by Crippen LogP contribution is -2.84. The second-order valence-electron chi connectivity index (χ2n) is 12.5. The molecule has 14 N–H and O–H groups in total. The fourth-order valence-electron chi connectivity index (χ4n) is 5.32. The van der Waals surface area contributed by atoms with E-state index >= 15 is 0 Å². The molecule has 58 heavy (non-hydrogen) atoms. The molecule has 22 nitrogen and oxygen atoms in total. The molecular formula is C34H56Cl2N10O12. The number of nitrogens with two attached hydrogens (primary N) is 2. The second kappa shape index (κ2) is 29.6. The van der Waals surface area contributed by atoms with Gasteiger partial charge >= 0.3 is 0 Å². The summed E-state index contributed by atoms with van der Waals surface area (Å²) in [5.41, 5.74) is 8.69. The predicted molar refractivity (Wildman–Crippen MR) is 189 cm³/mol. The lowest BCUT2D eigenvalue weighted by Gasteiger charge is -2.17. The molecule has 4 aromatic rings. The maximum Gasteiger partial charge on any atom is 0.101 e. The molecule has 0 saturated carbocycles. The third kappa shape index (κ3) is 26.5. The molecule has 0 amide bonds. The number of hydrogen-bond donors (Lipinski definition) is 4. The van der Waals surface area contributed by atoms with E-state index in [1.54, 1.807) is 0 Å². The minimum atomic E-state index is -4.94. The maximum absolute atomic E-state index is 8.49. The molecule has 0 aliphatic carbocycles. The summed E-state index contributed by atoms with van der Waals surface area (Å²) in [6.45, 7) is 11.5. The Bertz CT molecular complexity index is 1440. The van der Waals surface area contributed by atoms with E-state index in [9.17, 15) is 0 Å². The summed E-state index contributed by atoms with van der Waals surface area (Å²) in [5, 5.41) is 11.9. The van der Waals surface area contributed by atoms with Gasteiger partial charge < -0.3 is 43.2 Å². The minimum absolute atomic E-state index is 0. The van der Waals surface area contributed by atoms with Crippen LogP contribution in [0, 0.1) is 20.5 Å². The number of nitrogens with one attached hydrogen (secondary N) is 2. The first kappa shape index (κ1) is 56.6. The van der Waals surface area contributed by atoms with E-state index in [0.717, 1.165) is 101 Å². The van der Waals surface area contributed by atoms with Crippen LogP contribution >= 0.6 is 0 Å². The number of likely N-dealkylation sites (N-methyl/N-ethyl adjacent to an activating group) is 2. The Morgan fingerprint density at radius 2 is 0.759 bits per heavy atom. The number of aromatic nitrogens is 4. The summed E-state index contributed by atoms with van der Waals surface area (Å²) in [6.07, 6.45) is 7.58. The molecular weight excluding hydrogens is 811 g/mol. The smallest absolute Gasteiger partial charge is 0.101 e. The molecule has 5 heterocycles. The Kier molecular flexibility index (Phi) is 28.9. The van der Waals surface area contributed by atoms with E-state index < -0.39 is 20.5 Å². The number of rotatable bonds is 0. The van der Waals surface area contributed by atoms with Crippen molar-refractivity contribution >= 4 is 0 Å². The van der Waals surface area contributed by atoms with Crippen LogP contribution in [-0.4, -0.2) is 118 Å². The zero-order valence-electron chi connectivity index (χ0n) is 32.3. The van der Waals surface area contributed by atoms with Crippen molar-refractivity contribution < 1.29 is 90.3 Å². The van der Waals surface area contributed by atoms with Crippen LogP contribution in [0.2, 0.25) is 0 Å². The molecule has 0 aromatic carbocycles. The summed E-state index contributed by atoms with van der Waals surface area (Å²) < 4.78 is 67.9. The van der Waals surface area contributed by atoms with Gasteiger partial charge in [0.15, 0.2) is 0 Å². The molecule has 0 fully saturated rings. The summed E-state index contributed by atoms with van der Waals surface area (Å²) in [7, 11) is -5.51. The standard InChI is InChI=1S/C34H46N10.2ClHO4.4H2O/c1-43-15-11-35-23-27-3-7-39-31(19-27)33-21-29(5-9-41-33)25-37-13-17-44(2)18-14-38-26-30-6-10-42-34(22-30)32-20-28(4-8-40-32)24-36-12-16-43;2*2-1(3,4)5;;;;/h3-10,19-22,35-38H,11-18,23-26H2,1-2H3;2*(H,2,3,4,5);4*1H2. The van der Waals surface area contributed by atoms with Gasteiger partial charge in [-0.25, -0.2) is 37.3 Å². The number of fused-ring (bicyclic) bond motifs is 10. The highest BCUT2D eigenvalue weighted by Gasteiger charge is 2.09. The summed E-state index contributed by atoms with van der Waals surface area (Å²) in [4.78, 5) is 23.2. The van der Waals surface area contributed by atoms with Crippen molar-refractivity contribution in [3.8, 4) is 22.8 Å². The SMILES string of the molecule is CN1CCNCc2ccnc(c2)-c2cc(ccn2)CNCCN(C)CC[NH2+]Cc2ccnc(c2)-c2cc(ccn2)C[NH2+]CC1.O.O.O.O.[O-][Cl+3]([O-])([O-])[O-].[O-][Cl+3]([O-])([O-])[O-]. The highest BCUT2D eigenvalue weighted by Crippen LogP contribution is 2.18. The van der Waals surface area contributed by atoms with Gasteiger partial charge in [-0.2, -0.15) is 0 Å². The Morgan fingerprint density at radius 1 is 0.483 bits per heavy atom. The van der Waals surface area contributed by atoms with Crippen LogP contribution in [0.15, 0.2) is 73.3 Å². The molecule has 0 spiro atoms. The van der Waals surface area contributed by atoms with E-state index in [0.29, 0.717) is 0 Å². The zero-order chi connectivity index (χ0) is 39.4. The van der Waals surface area contributed by atoms with E-state index in [1.807, 2.05) is 24.8 Å². The van der Waals surface area contributed by atoms with Crippen molar-refractivity contribution in [2.24, 2.45) is 0 Å². The Hall–Kier alpha value is -3.54. The van der Waals surface area contributed by atoms with Crippen LogP contribution in [-0.2, 0) is 26.2 Å². The highest BCUT2D eigenvalue weighted by molar-refractivity contribution is 5.56. The number of halogens is 2. The van der Waals surface area contributed by atoms with Crippen molar-refractivity contribution in [3.05, 3.63) is 95.6 Å². The first-order valence-corrected chi connectivity index (χ1v) is 19.5. The van der Waals surface area contributed by atoms with E-state index in [2.05, 4.69) is 114 Å². The number of quaternary nitrogens is 2. The summed E-state index contributed by atoms with van der Waals surface area (Å²) >= 11 is 0. The van der Waals surface area contributed by atoms with Crippen molar-refractivity contribution in [3.63, 3.8) is 0 Å². The van der Waals surface area contributed by atoms with Gasteiger partial charge in [0.25, 0.3) is 0 Å². The minimum Gasteiger partial charge on any atom is -0.412 e. The molecule has 4 aromatic heterocycles. The molecule has 0 atom stereocenters. The largest absolute Gasteiger partial charge is 0.412 e. The highest BCUT2D eigenvalue weighted by atomic mass is 35.7. The molecule has 0 unspecified atom stereocenters. The van der Waals surface area contributed by atoms with Gasteiger partial charge in [0.05, 0.1) is 35.9 Å². The first-order valence-electron chi connectivity index (χ1n) is 17.1. The molecule has 1 aliphatic heterocycles. The van der Waals surface area contributed by atoms with Crippen LogP contribution < -0.4 is 58.5 Å². The van der Waals surface area contributed by atoms with E-state index in [-0.39, 0.29) is 21.9 Å². The normalized spacial score (nSPS) is 15.3. The Balaban J connectivity index is 0. The average Bonchev–Trinajstić information content (AvgIpc) is 3.11. The predicted octanol–water partition coefficient (Wildman–Crippen LogP) is -12.3. The van der Waals surface area contributed by atoms with Crippen molar-refractivity contribution in [2.45, 2.75) is 26.2 Å². The third-order valence-electron chi connectivity index (χ3n) is 8.01. The van der Waals surface area contributed by atoms with Gasteiger partial charge in [-0.05, 0) is 73.8 Å². The summed E-state index contributed by atoms with van der Waals surface area (Å²) in [6, 6.07) is 17.0. The fourth-order valence-corrected chi connectivity index (χ4v) is 5.32. The fraction of sp³-hybridized carbons (Fsp3) is 0.412. The van der Waals surface area contributed by atoms with Gasteiger partial charge in [0.1, 0.15) is 13.1 Å². The Morgan fingerprint density at radius 3 is 1.07 bits per heavy atom. The number of pyridine rings is 4. The van der Waals surface area contributed by atoms with Gasteiger partial charge in [-0.1, -0.05) is 0 Å². The van der Waals surface area contributed by atoms with Gasteiger partial charge in [-0.3, -0.25) is 29.7 Å². The lowest BCUT2D eigenvalue weighted by atomic mass is 10.1. The topological polar surface area (TPSA) is 426 Å². The van der Waals surface area contributed by atoms with Gasteiger partial charge in [0, 0.05) is 88.3 Å². The van der Waals surface area contributed by atoms with E-state index in [1.165, 1.54) is 22.3 Å². The zero-order valence-corrected chi connectivity index (χ0v) is 33.8. The number of nitrogens with zero attached hydrogens (tertiary/aromatic N) is 6. The van der Waals surface area contributed by atoms with Crippen molar-refractivity contribution in [2.75, 3.05) is 66.5 Å². The lowest BCUT2D eigenvalue weighted by molar-refractivity contribution is -2.00. The van der Waals surface area contributed by atoms with Crippen molar-refractivity contribution in [1.82, 2.24) is 40.4 Å². The average molecular weight is 868 g/mol. The number of hydrogen-bond acceptors (Lipinski definition) is 16. The molecule has 8 bridgehead atoms. The van der Waals surface area contributed by atoms with Gasteiger partial charge in [0.2, 0.25) is 0 Å². The molecule has 1 aliphatic rings. The van der Waals surface area contributed by atoms with Crippen LogP contribution in [0.4, 0.5) is 0 Å². The van der Waals surface area contributed by atoms with Crippen molar-refractivity contribution in [1.29, 1.82) is 0 Å². The third-order valence-corrected chi connectivity index (χ3v) is 8.01. The quantitative estimate of drug-likeness (QED) is 0.127. The molecule has 24 heteroatoms. The van der Waals surface area contributed by atoms with Crippen LogP contribution in [0.1, 0.15) is 22.3 Å². The van der Waals surface area contributed by atoms with Gasteiger partial charge in [-0.15, -0.1) is 20.5 Å². The van der Waals surface area contributed by atoms with Crippen LogP contribution in [0.5, 0.6) is 0 Å². The Labute approximate surface area is 341 Å². The molecule has 0 saturated heterocycles. The molecule has 328 valence electrons. The maximum atomic E-state index is 8.49. The second-order valence-corrected chi connectivity index (χ2v) is 14.0. The molecule has 0 radical (unpaired) electrons.